The summed E-state index contributed by atoms with van der Waals surface area (Å²) in [7, 11) is 0. The van der Waals surface area contributed by atoms with Gasteiger partial charge in [0.1, 0.15) is 0 Å². The second-order valence-corrected chi connectivity index (χ2v) is 18.7. The summed E-state index contributed by atoms with van der Waals surface area (Å²) in [4.78, 5) is 16.5. The largest absolute Gasteiger partial charge is 0.336 e. The van der Waals surface area contributed by atoms with Gasteiger partial charge in [0.2, 0.25) is 5.91 Å². The summed E-state index contributed by atoms with van der Waals surface area (Å²) in [6, 6.07) is 15.7. The zero-order valence-corrected chi connectivity index (χ0v) is 34.8. The van der Waals surface area contributed by atoms with Crippen LogP contribution in [0.1, 0.15) is 202 Å². The molecule has 0 radical (unpaired) electrons. The number of nitrogens with zero attached hydrogens (tertiary/aromatic N) is 1. The minimum atomic E-state index is -0.532. The summed E-state index contributed by atoms with van der Waals surface area (Å²) in [5, 5.41) is 4.18. The number of amides is 1. The molecule has 4 aliphatic rings. The van der Waals surface area contributed by atoms with E-state index in [2.05, 4.69) is 81.2 Å². The molecule has 53 heavy (non-hydrogen) atoms. The molecule has 2 heterocycles. The number of allylic oxidation sites excluding steroid dienone is 1. The Morgan fingerprint density at radius 1 is 0.679 bits per heavy atom. The van der Waals surface area contributed by atoms with Crippen molar-refractivity contribution >= 4 is 17.1 Å². The Morgan fingerprint density at radius 3 is 1.64 bits per heavy atom. The minimum absolute atomic E-state index is 0.340. The summed E-state index contributed by atoms with van der Waals surface area (Å²) in [5.74, 6) is 0.726. The lowest BCUT2D eigenvalue weighted by Gasteiger charge is -2.33. The molecule has 3 nitrogen and oxygen atoms in total. The molecule has 0 spiro atoms. The van der Waals surface area contributed by atoms with E-state index in [0.29, 0.717) is 30.0 Å². The predicted molar refractivity (Wildman–Crippen MR) is 227 cm³/mol. The van der Waals surface area contributed by atoms with Crippen LogP contribution in [0.15, 0.2) is 36.4 Å². The Kier molecular flexibility index (Phi) is 14.8. The van der Waals surface area contributed by atoms with Crippen molar-refractivity contribution < 1.29 is 4.79 Å². The highest BCUT2D eigenvalue weighted by molar-refractivity contribution is 5.99. The van der Waals surface area contributed by atoms with Crippen LogP contribution in [0, 0.1) is 19.8 Å². The number of nitrogens with one attached hydrogen (secondary N) is 1. The molecule has 6 rings (SSSR count). The molecule has 2 bridgehead atoms. The first-order valence-electron chi connectivity index (χ1n) is 22.7. The molecule has 1 atom stereocenters. The Bertz CT molecular complexity index is 1460. The van der Waals surface area contributed by atoms with Gasteiger partial charge in [0.15, 0.2) is 0 Å². The zero-order chi connectivity index (χ0) is 37.2. The monoisotopic (exact) mass is 721 g/mol. The quantitative estimate of drug-likeness (QED) is 0.309. The molecule has 2 aromatic carbocycles. The Hall–Kier alpha value is -2.39. The van der Waals surface area contributed by atoms with Crippen molar-refractivity contribution in [1.82, 2.24) is 10.2 Å². The van der Waals surface area contributed by atoms with Crippen LogP contribution < -0.4 is 5.32 Å². The SMILES string of the molecule is Cc1cc(C)cc(C2=C([C@H](C)CNC3CCCCCCCCCCCCCCCCCCC3)c3cc(C(C)(C)C(=O)N4C5CCC4CC5)ccc3C2)c1. The maximum absolute atomic E-state index is 14.2. The van der Waals surface area contributed by atoms with Gasteiger partial charge < -0.3 is 10.2 Å². The molecule has 2 saturated heterocycles. The van der Waals surface area contributed by atoms with Gasteiger partial charge in [-0.15, -0.1) is 0 Å². The molecular weight excluding hydrogens is 645 g/mol. The average Bonchev–Trinajstić information content (AvgIpc) is 3.85. The minimum Gasteiger partial charge on any atom is -0.336 e. The molecule has 0 unspecified atom stereocenters. The van der Waals surface area contributed by atoms with E-state index >= 15 is 0 Å². The Balaban J connectivity index is 1.18. The topological polar surface area (TPSA) is 32.3 Å². The summed E-state index contributed by atoms with van der Waals surface area (Å²) >= 11 is 0. The van der Waals surface area contributed by atoms with Gasteiger partial charge >= 0.3 is 0 Å². The lowest BCUT2D eigenvalue weighted by molar-refractivity contribution is -0.137. The molecule has 1 saturated carbocycles. The molecule has 292 valence electrons. The second-order valence-electron chi connectivity index (χ2n) is 18.7. The molecule has 3 fully saturated rings. The number of carbonyl (C=O) groups is 1. The molecular formula is C50H76N2O. The maximum atomic E-state index is 14.2. The first kappa shape index (κ1) is 40.3. The first-order valence-corrected chi connectivity index (χ1v) is 22.7. The van der Waals surface area contributed by atoms with Crippen molar-refractivity contribution in [2.75, 3.05) is 6.54 Å². The average molecular weight is 721 g/mol. The van der Waals surface area contributed by atoms with Gasteiger partial charge in [0.25, 0.3) is 0 Å². The number of fused-ring (bicyclic) bond motifs is 3. The first-order chi connectivity index (χ1) is 25.7. The van der Waals surface area contributed by atoms with Crippen molar-refractivity contribution in [3.8, 4) is 0 Å². The predicted octanol–water partition coefficient (Wildman–Crippen LogP) is 13.2. The highest BCUT2D eigenvalue weighted by Crippen LogP contribution is 2.46. The standard InChI is InChI=1S/C50H76N2O/c1-37-31-38(2)33-41(32-37)46-34-40-25-26-42(50(4,5)49(53)52-44-27-28-45(52)30-29-44)35-47(40)48(46)39(3)36-51-43-23-21-19-17-15-13-11-9-7-6-8-10-12-14-16-18-20-22-24-43/h25-26,31-33,35,39,43-45,51H,6-24,27-30,34,36H2,1-5H3/t39-,44?,45?/m1/s1. The fraction of sp³-hybridized carbons (Fsp3) is 0.700. The van der Waals surface area contributed by atoms with Crippen LogP contribution in [0.4, 0.5) is 0 Å². The van der Waals surface area contributed by atoms with Crippen LogP contribution in [-0.4, -0.2) is 35.5 Å². The van der Waals surface area contributed by atoms with Crippen molar-refractivity contribution in [1.29, 1.82) is 0 Å². The smallest absolute Gasteiger partial charge is 0.233 e. The number of hydrogen-bond donors (Lipinski definition) is 1. The van der Waals surface area contributed by atoms with E-state index in [1.54, 1.807) is 0 Å². The van der Waals surface area contributed by atoms with Crippen LogP contribution in [0.5, 0.6) is 0 Å². The maximum Gasteiger partial charge on any atom is 0.233 e. The van der Waals surface area contributed by atoms with E-state index < -0.39 is 5.41 Å². The number of rotatable bonds is 7. The van der Waals surface area contributed by atoms with Crippen molar-refractivity contribution in [3.63, 3.8) is 0 Å². The molecule has 1 N–H and O–H groups in total. The van der Waals surface area contributed by atoms with Gasteiger partial charge in [-0.3, -0.25) is 4.79 Å². The van der Waals surface area contributed by atoms with Crippen LogP contribution >= 0.6 is 0 Å². The highest BCUT2D eigenvalue weighted by Gasteiger charge is 2.47. The van der Waals surface area contributed by atoms with Crippen LogP contribution in [0.2, 0.25) is 0 Å². The lowest BCUT2D eigenvalue weighted by Crippen LogP contribution is -2.46. The van der Waals surface area contributed by atoms with Crippen molar-refractivity contribution in [3.05, 3.63) is 69.8 Å². The highest BCUT2D eigenvalue weighted by atomic mass is 16.2. The summed E-state index contributed by atoms with van der Waals surface area (Å²) < 4.78 is 0. The third-order valence-electron chi connectivity index (χ3n) is 13.9. The fourth-order valence-electron chi connectivity index (χ4n) is 10.7. The van der Waals surface area contributed by atoms with Gasteiger partial charge in [0, 0.05) is 24.7 Å². The zero-order valence-electron chi connectivity index (χ0n) is 34.8. The number of aryl methyl sites for hydroxylation is 2. The molecule has 1 amide bonds. The lowest BCUT2D eigenvalue weighted by atomic mass is 9.80. The summed E-state index contributed by atoms with van der Waals surface area (Å²) in [6.07, 6.45) is 32.6. The normalized spacial score (nSPS) is 24.0. The molecule has 3 heteroatoms. The van der Waals surface area contributed by atoms with Crippen LogP contribution in [-0.2, 0) is 16.6 Å². The number of benzene rings is 2. The summed E-state index contributed by atoms with van der Waals surface area (Å²) in [6.45, 7) is 12.3. The Labute approximate surface area is 325 Å². The number of hydrogen-bond acceptors (Lipinski definition) is 2. The third-order valence-corrected chi connectivity index (χ3v) is 13.9. The van der Waals surface area contributed by atoms with Crippen molar-refractivity contribution in [2.45, 2.75) is 212 Å². The number of carbonyl (C=O) groups excluding carboxylic acids is 1. The van der Waals surface area contributed by atoms with E-state index in [1.807, 2.05) is 0 Å². The van der Waals surface area contributed by atoms with E-state index in [9.17, 15) is 4.79 Å². The molecule has 0 aromatic heterocycles. The van der Waals surface area contributed by atoms with Gasteiger partial charge in [-0.2, -0.15) is 0 Å². The molecule has 2 aliphatic heterocycles. The van der Waals surface area contributed by atoms with Gasteiger partial charge in [0.05, 0.1) is 5.41 Å². The van der Waals surface area contributed by atoms with Gasteiger partial charge in [-0.05, 0) is 112 Å². The van der Waals surface area contributed by atoms with Gasteiger partial charge in [-0.1, -0.05) is 164 Å². The van der Waals surface area contributed by atoms with E-state index in [4.69, 9.17) is 0 Å². The molecule has 2 aromatic rings. The van der Waals surface area contributed by atoms with E-state index in [1.165, 1.54) is 192 Å². The van der Waals surface area contributed by atoms with E-state index in [-0.39, 0.29) is 0 Å². The summed E-state index contributed by atoms with van der Waals surface area (Å²) in [5.41, 5.74) is 10.5. The Morgan fingerprint density at radius 2 is 1.15 bits per heavy atom. The molecule has 2 aliphatic carbocycles. The van der Waals surface area contributed by atoms with Crippen LogP contribution in [0.3, 0.4) is 0 Å². The second kappa shape index (κ2) is 19.5. The van der Waals surface area contributed by atoms with Crippen molar-refractivity contribution in [2.24, 2.45) is 5.92 Å². The van der Waals surface area contributed by atoms with E-state index in [0.717, 1.165) is 13.0 Å². The van der Waals surface area contributed by atoms with Crippen LogP contribution in [0.25, 0.3) is 11.1 Å². The van der Waals surface area contributed by atoms with Gasteiger partial charge in [-0.25, -0.2) is 0 Å². The fourth-order valence-corrected chi connectivity index (χ4v) is 10.7. The third kappa shape index (κ3) is 10.5.